The molecule has 2 atom stereocenters. The molecule has 1 aliphatic heterocycles. The third-order valence-corrected chi connectivity index (χ3v) is 2.53. The Morgan fingerprint density at radius 1 is 1.25 bits per heavy atom. The number of ether oxygens (including phenoxy) is 2. The van der Waals surface area contributed by atoms with Gasteiger partial charge in [-0.3, -0.25) is 9.59 Å². The first-order chi connectivity index (χ1) is 7.59. The Balaban J connectivity index is 2.47. The van der Waals surface area contributed by atoms with E-state index in [9.17, 15) is 9.59 Å². The molecule has 0 spiro atoms. The lowest BCUT2D eigenvalue weighted by atomic mass is 9.93. The smallest absolute Gasteiger partial charge is 0.303 e. The first-order valence-corrected chi connectivity index (χ1v) is 5.22. The van der Waals surface area contributed by atoms with Crippen molar-refractivity contribution >= 4 is 11.9 Å². The lowest BCUT2D eigenvalue weighted by Crippen LogP contribution is -2.36. The van der Waals surface area contributed by atoms with Gasteiger partial charge in [0, 0.05) is 6.42 Å². The van der Waals surface area contributed by atoms with Crippen LogP contribution in [-0.2, 0) is 19.1 Å². The highest BCUT2D eigenvalue weighted by Crippen LogP contribution is 2.21. The molecule has 0 bridgehead atoms. The number of hydrogen-bond acceptors (Lipinski definition) is 4. The van der Waals surface area contributed by atoms with Crippen molar-refractivity contribution in [1.82, 2.24) is 0 Å². The summed E-state index contributed by atoms with van der Waals surface area (Å²) < 4.78 is 10.6. The highest BCUT2D eigenvalue weighted by atomic mass is 16.6. The zero-order chi connectivity index (χ0) is 12.0. The maximum absolute atomic E-state index is 10.7. The van der Waals surface area contributed by atoms with Crippen molar-refractivity contribution in [3.63, 3.8) is 0 Å². The average Bonchev–Trinajstić information content (AvgIpc) is 2.25. The van der Waals surface area contributed by atoms with E-state index >= 15 is 0 Å². The monoisotopic (exact) mass is 232 g/mol. The van der Waals surface area contributed by atoms with Gasteiger partial charge in [-0.1, -0.05) is 0 Å². The SMILES string of the molecule is O=C(O)CCC(CC(=O)O)C1COCCO1. The highest BCUT2D eigenvalue weighted by molar-refractivity contribution is 5.68. The van der Waals surface area contributed by atoms with Gasteiger partial charge in [-0.25, -0.2) is 0 Å². The van der Waals surface area contributed by atoms with Crippen LogP contribution in [0, 0.1) is 5.92 Å². The molecule has 1 aliphatic rings. The standard InChI is InChI=1S/C10H16O6/c11-9(12)2-1-7(5-10(13)14)8-6-15-3-4-16-8/h7-8H,1-6H2,(H,11,12)(H,13,14). The molecule has 6 heteroatoms. The zero-order valence-corrected chi connectivity index (χ0v) is 8.92. The van der Waals surface area contributed by atoms with Crippen LogP contribution >= 0.6 is 0 Å². The molecule has 0 aromatic carbocycles. The van der Waals surface area contributed by atoms with E-state index in [2.05, 4.69) is 0 Å². The van der Waals surface area contributed by atoms with Gasteiger partial charge in [0.2, 0.25) is 0 Å². The summed E-state index contributed by atoms with van der Waals surface area (Å²) in [4.78, 5) is 21.1. The predicted octanol–water partition coefficient (Wildman–Crippen LogP) is 0.358. The summed E-state index contributed by atoms with van der Waals surface area (Å²) in [6.45, 7) is 1.29. The van der Waals surface area contributed by atoms with E-state index in [0.717, 1.165) is 0 Å². The molecule has 1 saturated heterocycles. The summed E-state index contributed by atoms with van der Waals surface area (Å²) in [7, 11) is 0. The molecule has 0 radical (unpaired) electrons. The maximum Gasteiger partial charge on any atom is 0.303 e. The van der Waals surface area contributed by atoms with Crippen molar-refractivity contribution in [3.8, 4) is 0 Å². The van der Waals surface area contributed by atoms with Crippen LogP contribution in [-0.4, -0.2) is 48.1 Å². The maximum atomic E-state index is 10.7. The van der Waals surface area contributed by atoms with Gasteiger partial charge in [0.15, 0.2) is 0 Å². The van der Waals surface area contributed by atoms with E-state index in [4.69, 9.17) is 19.7 Å². The average molecular weight is 232 g/mol. The minimum absolute atomic E-state index is 0.0438. The molecule has 2 N–H and O–H groups in total. The second kappa shape index (κ2) is 6.44. The van der Waals surface area contributed by atoms with Crippen LogP contribution in [0.3, 0.4) is 0 Å². The first-order valence-electron chi connectivity index (χ1n) is 5.22. The fraction of sp³-hybridized carbons (Fsp3) is 0.800. The normalized spacial score (nSPS) is 22.6. The van der Waals surface area contributed by atoms with Crippen LogP contribution in [0.4, 0.5) is 0 Å². The Morgan fingerprint density at radius 3 is 2.50 bits per heavy atom. The highest BCUT2D eigenvalue weighted by Gasteiger charge is 2.27. The van der Waals surface area contributed by atoms with Gasteiger partial charge < -0.3 is 19.7 Å². The van der Waals surface area contributed by atoms with E-state index in [0.29, 0.717) is 26.2 Å². The summed E-state index contributed by atoms with van der Waals surface area (Å²) in [5, 5.41) is 17.3. The topological polar surface area (TPSA) is 93.1 Å². The second-order valence-corrected chi connectivity index (χ2v) is 3.77. The summed E-state index contributed by atoms with van der Waals surface area (Å²) in [6, 6.07) is 0. The van der Waals surface area contributed by atoms with Crippen LogP contribution < -0.4 is 0 Å². The van der Waals surface area contributed by atoms with E-state index < -0.39 is 11.9 Å². The molecule has 0 aliphatic carbocycles. The number of carboxylic acid groups (broad SMARTS) is 2. The van der Waals surface area contributed by atoms with Crippen LogP contribution in [0.15, 0.2) is 0 Å². The summed E-state index contributed by atoms with van der Waals surface area (Å²) in [6.07, 6.45) is -0.126. The molecule has 92 valence electrons. The molecular formula is C10H16O6. The van der Waals surface area contributed by atoms with Crippen molar-refractivity contribution in [1.29, 1.82) is 0 Å². The lowest BCUT2D eigenvalue weighted by Gasteiger charge is -2.29. The number of rotatable bonds is 6. The van der Waals surface area contributed by atoms with Crippen LogP contribution in [0.2, 0.25) is 0 Å². The molecule has 1 rings (SSSR count). The Morgan fingerprint density at radius 2 is 2.00 bits per heavy atom. The molecule has 2 unspecified atom stereocenters. The van der Waals surface area contributed by atoms with Gasteiger partial charge in [-0.05, 0) is 12.3 Å². The third kappa shape index (κ3) is 4.59. The molecule has 16 heavy (non-hydrogen) atoms. The molecule has 0 amide bonds. The predicted molar refractivity (Wildman–Crippen MR) is 53.2 cm³/mol. The molecular weight excluding hydrogens is 216 g/mol. The molecule has 1 fully saturated rings. The Hall–Kier alpha value is -1.14. The van der Waals surface area contributed by atoms with Crippen LogP contribution in [0.1, 0.15) is 19.3 Å². The zero-order valence-electron chi connectivity index (χ0n) is 8.92. The minimum atomic E-state index is -0.940. The lowest BCUT2D eigenvalue weighted by molar-refractivity contribution is -0.147. The van der Waals surface area contributed by atoms with Crippen molar-refractivity contribution in [3.05, 3.63) is 0 Å². The molecule has 6 nitrogen and oxygen atoms in total. The number of aliphatic carboxylic acids is 2. The van der Waals surface area contributed by atoms with E-state index in [1.165, 1.54) is 0 Å². The van der Waals surface area contributed by atoms with Gasteiger partial charge in [0.1, 0.15) is 0 Å². The van der Waals surface area contributed by atoms with Crippen molar-refractivity contribution in [2.45, 2.75) is 25.4 Å². The molecule has 0 saturated carbocycles. The Kier molecular flexibility index (Phi) is 5.21. The molecule has 0 aromatic heterocycles. The van der Waals surface area contributed by atoms with Gasteiger partial charge >= 0.3 is 11.9 Å². The van der Waals surface area contributed by atoms with Gasteiger partial charge in [0.25, 0.3) is 0 Å². The van der Waals surface area contributed by atoms with Gasteiger partial charge in [0.05, 0.1) is 32.3 Å². The number of hydrogen-bond donors (Lipinski definition) is 2. The first kappa shape index (κ1) is 12.9. The van der Waals surface area contributed by atoms with Crippen molar-refractivity contribution in [2.75, 3.05) is 19.8 Å². The fourth-order valence-electron chi connectivity index (χ4n) is 1.73. The number of carbonyl (C=O) groups is 2. The summed E-state index contributed by atoms with van der Waals surface area (Å²) >= 11 is 0. The van der Waals surface area contributed by atoms with Crippen molar-refractivity contribution < 1.29 is 29.3 Å². The Labute approximate surface area is 93.2 Å². The minimum Gasteiger partial charge on any atom is -0.481 e. The van der Waals surface area contributed by atoms with Crippen LogP contribution in [0.25, 0.3) is 0 Å². The van der Waals surface area contributed by atoms with E-state index in [1.807, 2.05) is 0 Å². The molecule has 0 aromatic rings. The molecule has 1 heterocycles. The Bertz CT molecular complexity index is 246. The summed E-state index contributed by atoms with van der Waals surface area (Å²) in [5.74, 6) is -2.16. The largest absolute Gasteiger partial charge is 0.481 e. The van der Waals surface area contributed by atoms with Crippen molar-refractivity contribution in [2.24, 2.45) is 5.92 Å². The number of carboxylic acids is 2. The quantitative estimate of drug-likeness (QED) is 0.686. The fourth-order valence-corrected chi connectivity index (χ4v) is 1.73. The van der Waals surface area contributed by atoms with E-state index in [1.54, 1.807) is 0 Å². The van der Waals surface area contributed by atoms with E-state index in [-0.39, 0.29) is 24.9 Å². The second-order valence-electron chi connectivity index (χ2n) is 3.77. The summed E-state index contributed by atoms with van der Waals surface area (Å²) in [5.41, 5.74) is 0. The van der Waals surface area contributed by atoms with Gasteiger partial charge in [-0.2, -0.15) is 0 Å². The third-order valence-electron chi connectivity index (χ3n) is 2.53. The van der Waals surface area contributed by atoms with Gasteiger partial charge in [-0.15, -0.1) is 0 Å². The van der Waals surface area contributed by atoms with Crippen LogP contribution in [0.5, 0.6) is 0 Å².